The van der Waals surface area contributed by atoms with Crippen molar-refractivity contribution in [3.8, 4) is 0 Å². The van der Waals surface area contributed by atoms with Gasteiger partial charge in [-0.2, -0.15) is 15.6 Å². The molecule has 1 fully saturated rings. The number of sulfonamides is 1. The van der Waals surface area contributed by atoms with Gasteiger partial charge in [0.25, 0.3) is 0 Å². The van der Waals surface area contributed by atoms with Crippen molar-refractivity contribution in [3.63, 3.8) is 0 Å². The van der Waals surface area contributed by atoms with Crippen molar-refractivity contribution in [2.75, 3.05) is 0 Å². The first kappa shape index (κ1) is 15.2. The van der Waals surface area contributed by atoms with Crippen LogP contribution >= 0.6 is 27.3 Å². The zero-order valence-electron chi connectivity index (χ0n) is 11.4. The second-order valence-electron chi connectivity index (χ2n) is 5.19. The van der Waals surface area contributed by atoms with Gasteiger partial charge in [0, 0.05) is 17.9 Å². The van der Waals surface area contributed by atoms with Gasteiger partial charge in [-0.05, 0) is 52.9 Å². The van der Waals surface area contributed by atoms with Crippen LogP contribution in [0.2, 0.25) is 0 Å². The lowest BCUT2D eigenvalue weighted by atomic mass is 10.2. The first-order chi connectivity index (χ1) is 10.1. The summed E-state index contributed by atoms with van der Waals surface area (Å²) >= 11 is 4.97. The molecule has 0 N–H and O–H groups in total. The van der Waals surface area contributed by atoms with Gasteiger partial charge in [-0.15, -0.1) is 0 Å². The molecule has 0 radical (unpaired) electrons. The third-order valence-electron chi connectivity index (χ3n) is 3.56. The summed E-state index contributed by atoms with van der Waals surface area (Å²) in [7, 11) is -3.42. The molecule has 1 aromatic heterocycles. The SMILES string of the molecule is O=S(=O)(c1ccc(CBr)cc1)N(Cc1ccsc1)C1CC1. The van der Waals surface area contributed by atoms with Crippen molar-refractivity contribution in [1.29, 1.82) is 0 Å². The van der Waals surface area contributed by atoms with Crippen LogP contribution in [0.4, 0.5) is 0 Å². The molecule has 2 aromatic rings. The van der Waals surface area contributed by atoms with E-state index < -0.39 is 10.0 Å². The van der Waals surface area contributed by atoms with E-state index in [1.807, 2.05) is 29.0 Å². The Hall–Kier alpha value is -0.690. The molecule has 1 aliphatic rings. The molecule has 1 aromatic carbocycles. The summed E-state index contributed by atoms with van der Waals surface area (Å²) in [6.45, 7) is 0.469. The average molecular weight is 386 g/mol. The maximum absolute atomic E-state index is 12.9. The Balaban J connectivity index is 1.89. The van der Waals surface area contributed by atoms with Crippen LogP contribution < -0.4 is 0 Å². The lowest BCUT2D eigenvalue weighted by Gasteiger charge is -2.21. The average Bonchev–Trinajstić information content (AvgIpc) is 3.20. The Morgan fingerprint density at radius 2 is 1.86 bits per heavy atom. The number of hydrogen-bond acceptors (Lipinski definition) is 3. The fourth-order valence-corrected chi connectivity index (χ4v) is 4.93. The highest BCUT2D eigenvalue weighted by molar-refractivity contribution is 9.08. The fraction of sp³-hybridized carbons (Fsp3) is 0.333. The number of rotatable bonds is 6. The van der Waals surface area contributed by atoms with Crippen LogP contribution in [-0.2, 0) is 21.9 Å². The topological polar surface area (TPSA) is 37.4 Å². The van der Waals surface area contributed by atoms with Crippen molar-refractivity contribution in [3.05, 3.63) is 52.2 Å². The van der Waals surface area contributed by atoms with Gasteiger partial charge in [0.2, 0.25) is 10.0 Å². The quantitative estimate of drug-likeness (QED) is 0.704. The first-order valence-electron chi connectivity index (χ1n) is 6.79. The van der Waals surface area contributed by atoms with E-state index >= 15 is 0 Å². The Labute approximate surface area is 137 Å². The molecule has 112 valence electrons. The zero-order chi connectivity index (χ0) is 14.9. The maximum atomic E-state index is 12.9. The van der Waals surface area contributed by atoms with E-state index in [4.69, 9.17) is 0 Å². The summed E-state index contributed by atoms with van der Waals surface area (Å²) in [5, 5.41) is 4.73. The van der Waals surface area contributed by atoms with Gasteiger partial charge in [-0.25, -0.2) is 8.42 Å². The maximum Gasteiger partial charge on any atom is 0.243 e. The molecule has 21 heavy (non-hydrogen) atoms. The minimum absolute atomic E-state index is 0.158. The van der Waals surface area contributed by atoms with E-state index in [1.165, 1.54) is 0 Å². The number of benzene rings is 1. The number of nitrogens with zero attached hydrogens (tertiary/aromatic N) is 1. The summed E-state index contributed by atoms with van der Waals surface area (Å²) in [6, 6.07) is 9.27. The van der Waals surface area contributed by atoms with Crippen LogP contribution in [0.5, 0.6) is 0 Å². The zero-order valence-corrected chi connectivity index (χ0v) is 14.6. The summed E-state index contributed by atoms with van der Waals surface area (Å²) in [4.78, 5) is 0.384. The van der Waals surface area contributed by atoms with E-state index in [-0.39, 0.29) is 6.04 Å². The van der Waals surface area contributed by atoms with Gasteiger partial charge < -0.3 is 0 Å². The van der Waals surface area contributed by atoms with Gasteiger partial charge in [-0.3, -0.25) is 0 Å². The number of thiophene rings is 1. The standard InChI is InChI=1S/C15H16BrNO2S2/c16-9-12-1-5-15(6-2-12)21(18,19)17(14-3-4-14)10-13-7-8-20-11-13/h1-2,5-8,11,14H,3-4,9-10H2. The fourth-order valence-electron chi connectivity index (χ4n) is 2.22. The van der Waals surface area contributed by atoms with E-state index in [2.05, 4.69) is 15.9 Å². The van der Waals surface area contributed by atoms with E-state index in [1.54, 1.807) is 27.8 Å². The van der Waals surface area contributed by atoms with E-state index in [9.17, 15) is 8.42 Å². The molecular formula is C15H16BrNO2S2. The molecule has 0 amide bonds. The minimum atomic E-state index is -3.42. The van der Waals surface area contributed by atoms with Crippen molar-refractivity contribution in [1.82, 2.24) is 4.31 Å². The van der Waals surface area contributed by atoms with Crippen LogP contribution in [0.1, 0.15) is 24.0 Å². The number of hydrogen-bond donors (Lipinski definition) is 0. The highest BCUT2D eigenvalue weighted by Gasteiger charge is 2.38. The van der Waals surface area contributed by atoms with Gasteiger partial charge in [-0.1, -0.05) is 28.1 Å². The van der Waals surface area contributed by atoms with Crippen LogP contribution in [0.3, 0.4) is 0 Å². The van der Waals surface area contributed by atoms with Gasteiger partial charge in [0.05, 0.1) is 4.90 Å². The molecule has 0 spiro atoms. The van der Waals surface area contributed by atoms with Crippen LogP contribution in [0.25, 0.3) is 0 Å². The predicted octanol–water partition coefficient (Wildman–Crippen LogP) is 4.00. The first-order valence-corrected chi connectivity index (χ1v) is 10.3. The van der Waals surface area contributed by atoms with Gasteiger partial charge >= 0.3 is 0 Å². The highest BCUT2D eigenvalue weighted by atomic mass is 79.9. The molecule has 1 heterocycles. The molecule has 0 atom stereocenters. The molecule has 0 unspecified atom stereocenters. The van der Waals surface area contributed by atoms with Crippen molar-refractivity contribution < 1.29 is 8.42 Å². The van der Waals surface area contributed by atoms with Gasteiger partial charge in [0.15, 0.2) is 0 Å². The lowest BCUT2D eigenvalue weighted by molar-refractivity contribution is 0.399. The van der Waals surface area contributed by atoms with Crippen LogP contribution in [0.15, 0.2) is 46.0 Å². The summed E-state index contributed by atoms with van der Waals surface area (Å²) in [5.74, 6) is 0. The summed E-state index contributed by atoms with van der Waals surface area (Å²) < 4.78 is 27.4. The second-order valence-corrected chi connectivity index (χ2v) is 8.42. The summed E-state index contributed by atoms with van der Waals surface area (Å²) in [5.41, 5.74) is 2.14. The Bertz CT molecular complexity index is 692. The molecule has 0 saturated heterocycles. The molecule has 0 aliphatic heterocycles. The smallest absolute Gasteiger partial charge is 0.207 e. The van der Waals surface area contributed by atoms with Gasteiger partial charge in [0.1, 0.15) is 0 Å². The Kier molecular flexibility index (Phi) is 4.49. The Morgan fingerprint density at radius 3 is 2.38 bits per heavy atom. The predicted molar refractivity (Wildman–Crippen MR) is 89.1 cm³/mol. The van der Waals surface area contributed by atoms with Crippen molar-refractivity contribution in [2.45, 2.75) is 35.7 Å². The van der Waals surface area contributed by atoms with Crippen LogP contribution in [-0.4, -0.2) is 18.8 Å². The number of halogens is 1. The molecule has 3 nitrogen and oxygen atoms in total. The molecule has 0 bridgehead atoms. The molecule has 3 rings (SSSR count). The van der Waals surface area contributed by atoms with E-state index in [0.717, 1.165) is 29.3 Å². The van der Waals surface area contributed by atoms with E-state index in [0.29, 0.717) is 11.4 Å². The van der Waals surface area contributed by atoms with Crippen molar-refractivity contribution >= 4 is 37.3 Å². The highest BCUT2D eigenvalue weighted by Crippen LogP contribution is 2.33. The Morgan fingerprint density at radius 1 is 1.14 bits per heavy atom. The largest absolute Gasteiger partial charge is 0.243 e. The van der Waals surface area contributed by atoms with Crippen molar-refractivity contribution in [2.24, 2.45) is 0 Å². The monoisotopic (exact) mass is 385 g/mol. The third kappa shape index (κ3) is 3.39. The second kappa shape index (κ2) is 6.20. The molecular weight excluding hydrogens is 370 g/mol. The third-order valence-corrected chi connectivity index (χ3v) is 6.85. The molecule has 1 saturated carbocycles. The number of alkyl halides is 1. The van der Waals surface area contributed by atoms with Crippen LogP contribution in [0, 0.1) is 0 Å². The molecule has 1 aliphatic carbocycles. The normalized spacial score (nSPS) is 15.5. The molecule has 6 heteroatoms. The minimum Gasteiger partial charge on any atom is -0.207 e. The summed E-state index contributed by atoms with van der Waals surface area (Å²) in [6.07, 6.45) is 1.92. The lowest BCUT2D eigenvalue weighted by Crippen LogP contribution is -2.32.